The van der Waals surface area contributed by atoms with Gasteiger partial charge in [0.05, 0.1) is 6.61 Å². The molecule has 0 spiro atoms. The smallest absolute Gasteiger partial charge is 0.124 e. The number of rotatable bonds is 7. The predicted molar refractivity (Wildman–Crippen MR) is 87.7 cm³/mol. The second-order valence-electron chi connectivity index (χ2n) is 6.13. The molecule has 1 saturated heterocycles. The highest BCUT2D eigenvalue weighted by Gasteiger charge is 2.27. The molecule has 0 saturated carbocycles. The molecule has 1 heterocycles. The fraction of sp³-hybridized carbons (Fsp3) is 0.647. The zero-order valence-electron chi connectivity index (χ0n) is 13.6. The van der Waals surface area contributed by atoms with Crippen LogP contribution in [-0.2, 0) is 0 Å². The summed E-state index contributed by atoms with van der Waals surface area (Å²) in [5.74, 6) is 0.927. The maximum Gasteiger partial charge on any atom is 0.124 e. The molecule has 0 radical (unpaired) electrons. The van der Waals surface area contributed by atoms with Gasteiger partial charge in [0.1, 0.15) is 5.75 Å². The molecule has 2 N–H and O–H groups in total. The van der Waals surface area contributed by atoms with Gasteiger partial charge in [0.2, 0.25) is 0 Å². The quantitative estimate of drug-likeness (QED) is 0.835. The Morgan fingerprint density at radius 1 is 1.38 bits per heavy atom. The average molecular weight is 291 g/mol. The van der Waals surface area contributed by atoms with Crippen molar-refractivity contribution < 1.29 is 4.74 Å². The van der Waals surface area contributed by atoms with Gasteiger partial charge in [-0.2, -0.15) is 0 Å². The normalized spacial score (nSPS) is 20.9. The fourth-order valence-electron chi connectivity index (χ4n) is 3.19. The Bertz CT molecular complexity index is 436. The summed E-state index contributed by atoms with van der Waals surface area (Å²) in [6.07, 6.45) is 2.55. The van der Waals surface area contributed by atoms with Crippen LogP contribution in [0.5, 0.6) is 5.75 Å². The van der Waals surface area contributed by atoms with E-state index in [1.165, 1.54) is 12.8 Å². The predicted octanol–water partition coefficient (Wildman–Crippen LogP) is 2.11. The molecule has 1 fully saturated rings. The summed E-state index contributed by atoms with van der Waals surface area (Å²) < 4.78 is 5.71. The number of hydrogen-bond acceptors (Lipinski definition) is 4. The molecule has 4 heteroatoms. The van der Waals surface area contributed by atoms with Crippen molar-refractivity contribution >= 4 is 0 Å². The summed E-state index contributed by atoms with van der Waals surface area (Å²) in [5, 5.41) is 0. The Morgan fingerprint density at radius 3 is 2.86 bits per heavy atom. The van der Waals surface area contributed by atoms with E-state index in [-0.39, 0.29) is 6.04 Å². The molecular formula is C17H29N3O. The summed E-state index contributed by atoms with van der Waals surface area (Å²) in [4.78, 5) is 4.80. The lowest BCUT2D eigenvalue weighted by Gasteiger charge is -2.29. The van der Waals surface area contributed by atoms with Crippen molar-refractivity contribution in [2.75, 3.05) is 40.3 Å². The molecule has 1 aliphatic rings. The molecule has 2 rings (SSSR count). The molecule has 1 aromatic carbocycles. The first-order valence-corrected chi connectivity index (χ1v) is 7.98. The minimum atomic E-state index is 0.00973. The van der Waals surface area contributed by atoms with Gasteiger partial charge < -0.3 is 15.4 Å². The molecule has 2 unspecified atom stereocenters. The standard InChI is InChI=1S/C17H29N3O/c1-4-21-17-10-6-5-9-15(17)16(18)13-20-11-7-8-14(20)12-19(2)3/h5-6,9-10,14,16H,4,7-8,11-13,18H2,1-3H3. The van der Waals surface area contributed by atoms with E-state index in [4.69, 9.17) is 10.5 Å². The highest BCUT2D eigenvalue weighted by molar-refractivity contribution is 5.36. The van der Waals surface area contributed by atoms with Gasteiger partial charge in [0.15, 0.2) is 0 Å². The van der Waals surface area contributed by atoms with Crippen molar-refractivity contribution in [1.29, 1.82) is 0 Å². The Kier molecular flexibility index (Phi) is 6.03. The second kappa shape index (κ2) is 7.78. The van der Waals surface area contributed by atoms with Crippen LogP contribution < -0.4 is 10.5 Å². The highest BCUT2D eigenvalue weighted by atomic mass is 16.5. The van der Waals surface area contributed by atoms with Crippen molar-refractivity contribution in [3.8, 4) is 5.75 Å². The lowest BCUT2D eigenvalue weighted by molar-refractivity contribution is 0.197. The number of para-hydroxylation sites is 1. The van der Waals surface area contributed by atoms with Crippen LogP contribution >= 0.6 is 0 Å². The van der Waals surface area contributed by atoms with E-state index < -0.39 is 0 Å². The third-order valence-electron chi connectivity index (χ3n) is 4.12. The topological polar surface area (TPSA) is 41.7 Å². The number of likely N-dealkylation sites (tertiary alicyclic amines) is 1. The number of hydrogen-bond donors (Lipinski definition) is 1. The molecule has 21 heavy (non-hydrogen) atoms. The van der Waals surface area contributed by atoms with Crippen LogP contribution in [0.1, 0.15) is 31.4 Å². The van der Waals surface area contributed by atoms with Crippen LogP contribution in [0.15, 0.2) is 24.3 Å². The number of ether oxygens (including phenoxy) is 1. The first-order chi connectivity index (χ1) is 10.1. The molecule has 0 aliphatic carbocycles. The van der Waals surface area contributed by atoms with Gasteiger partial charge in [0, 0.05) is 30.7 Å². The molecule has 0 bridgehead atoms. The van der Waals surface area contributed by atoms with E-state index in [0.29, 0.717) is 12.6 Å². The fourth-order valence-corrected chi connectivity index (χ4v) is 3.19. The molecular weight excluding hydrogens is 262 g/mol. The van der Waals surface area contributed by atoms with Crippen molar-refractivity contribution in [1.82, 2.24) is 9.80 Å². The molecule has 0 amide bonds. The van der Waals surface area contributed by atoms with Crippen molar-refractivity contribution in [2.24, 2.45) is 5.73 Å². The van der Waals surface area contributed by atoms with Crippen LogP contribution in [0.3, 0.4) is 0 Å². The first kappa shape index (κ1) is 16.3. The minimum Gasteiger partial charge on any atom is -0.494 e. The number of likely N-dealkylation sites (N-methyl/N-ethyl adjacent to an activating group) is 1. The van der Waals surface area contributed by atoms with Crippen molar-refractivity contribution in [3.63, 3.8) is 0 Å². The number of nitrogens with two attached hydrogens (primary N) is 1. The van der Waals surface area contributed by atoms with Gasteiger partial charge in [-0.25, -0.2) is 0 Å². The van der Waals surface area contributed by atoms with E-state index in [1.807, 2.05) is 25.1 Å². The van der Waals surface area contributed by atoms with E-state index in [9.17, 15) is 0 Å². The van der Waals surface area contributed by atoms with Gasteiger partial charge >= 0.3 is 0 Å². The van der Waals surface area contributed by atoms with E-state index in [1.54, 1.807) is 0 Å². The van der Waals surface area contributed by atoms with Crippen LogP contribution in [0.25, 0.3) is 0 Å². The van der Waals surface area contributed by atoms with Crippen LogP contribution in [0, 0.1) is 0 Å². The Hall–Kier alpha value is -1.10. The summed E-state index contributed by atoms with van der Waals surface area (Å²) in [6, 6.07) is 8.79. The largest absolute Gasteiger partial charge is 0.494 e. The van der Waals surface area contributed by atoms with Crippen molar-refractivity contribution in [2.45, 2.75) is 31.8 Å². The molecule has 1 aromatic rings. The summed E-state index contributed by atoms with van der Waals surface area (Å²) in [5.41, 5.74) is 7.58. The minimum absolute atomic E-state index is 0.00973. The van der Waals surface area contributed by atoms with Crippen LogP contribution in [0.4, 0.5) is 0 Å². The number of benzene rings is 1. The summed E-state index contributed by atoms with van der Waals surface area (Å²) in [7, 11) is 4.28. The van der Waals surface area contributed by atoms with E-state index in [0.717, 1.165) is 30.9 Å². The van der Waals surface area contributed by atoms with Crippen LogP contribution in [0.2, 0.25) is 0 Å². The first-order valence-electron chi connectivity index (χ1n) is 7.98. The summed E-state index contributed by atoms with van der Waals surface area (Å²) in [6.45, 7) is 5.86. The van der Waals surface area contributed by atoms with Gasteiger partial charge in [-0.15, -0.1) is 0 Å². The van der Waals surface area contributed by atoms with Gasteiger partial charge in [-0.05, 0) is 46.5 Å². The lowest BCUT2D eigenvalue weighted by atomic mass is 10.1. The maximum absolute atomic E-state index is 6.46. The molecule has 1 aliphatic heterocycles. The van der Waals surface area contributed by atoms with E-state index >= 15 is 0 Å². The second-order valence-corrected chi connectivity index (χ2v) is 6.13. The molecule has 4 nitrogen and oxygen atoms in total. The average Bonchev–Trinajstić information content (AvgIpc) is 2.86. The van der Waals surface area contributed by atoms with Crippen LogP contribution in [-0.4, -0.2) is 56.2 Å². The molecule has 2 atom stereocenters. The lowest BCUT2D eigenvalue weighted by Crippen LogP contribution is -2.41. The third-order valence-corrected chi connectivity index (χ3v) is 4.12. The molecule has 0 aromatic heterocycles. The molecule has 118 valence electrons. The monoisotopic (exact) mass is 291 g/mol. The van der Waals surface area contributed by atoms with E-state index in [2.05, 4.69) is 30.0 Å². The zero-order valence-corrected chi connectivity index (χ0v) is 13.6. The third kappa shape index (κ3) is 4.43. The maximum atomic E-state index is 6.46. The SMILES string of the molecule is CCOc1ccccc1C(N)CN1CCCC1CN(C)C. The van der Waals surface area contributed by atoms with Crippen molar-refractivity contribution in [3.05, 3.63) is 29.8 Å². The van der Waals surface area contributed by atoms with Gasteiger partial charge in [0.25, 0.3) is 0 Å². The summed E-state index contributed by atoms with van der Waals surface area (Å²) >= 11 is 0. The Morgan fingerprint density at radius 2 is 2.14 bits per heavy atom. The Balaban J connectivity index is 2.02. The van der Waals surface area contributed by atoms with Gasteiger partial charge in [-0.3, -0.25) is 4.90 Å². The Labute approximate surface area is 128 Å². The zero-order chi connectivity index (χ0) is 15.2. The van der Waals surface area contributed by atoms with Gasteiger partial charge in [-0.1, -0.05) is 18.2 Å². The number of nitrogens with zero attached hydrogens (tertiary/aromatic N) is 2. The highest BCUT2D eigenvalue weighted by Crippen LogP contribution is 2.27.